The summed E-state index contributed by atoms with van der Waals surface area (Å²) >= 11 is 12.6. The Bertz CT molecular complexity index is 1010. The van der Waals surface area contributed by atoms with Crippen LogP contribution in [-0.2, 0) is 16.1 Å². The molecule has 162 valence electrons. The third kappa shape index (κ3) is 4.51. The minimum atomic E-state index is -0.254. The summed E-state index contributed by atoms with van der Waals surface area (Å²) < 4.78 is 0. The second-order valence-corrected chi connectivity index (χ2v) is 9.16. The third-order valence-corrected chi connectivity index (χ3v) is 6.67. The van der Waals surface area contributed by atoms with Crippen LogP contribution in [-0.4, -0.2) is 34.7 Å². The zero-order valence-electron chi connectivity index (χ0n) is 17.6. The van der Waals surface area contributed by atoms with Gasteiger partial charge in [-0.05, 0) is 30.5 Å². The number of hydrogen-bond donors (Lipinski definition) is 0. The average Bonchev–Trinajstić information content (AvgIpc) is 2.91. The maximum absolute atomic E-state index is 13.7. The Morgan fingerprint density at radius 3 is 2.26 bits per heavy atom. The van der Waals surface area contributed by atoms with Gasteiger partial charge in [0, 0.05) is 30.2 Å². The zero-order chi connectivity index (χ0) is 22.0. The number of imide groups is 1. The Balaban J connectivity index is 1.76. The van der Waals surface area contributed by atoms with E-state index in [9.17, 15) is 9.59 Å². The topological polar surface area (TPSA) is 40.6 Å². The van der Waals surface area contributed by atoms with Crippen molar-refractivity contribution in [3.63, 3.8) is 0 Å². The number of amides is 2. The quantitative estimate of drug-likeness (QED) is 0.413. The summed E-state index contributed by atoms with van der Waals surface area (Å²) in [4.78, 5) is 30.7. The van der Waals surface area contributed by atoms with E-state index in [1.54, 1.807) is 18.2 Å². The number of benzene rings is 2. The molecular weight excluding hydrogens is 431 g/mol. The largest absolute Gasteiger partial charge is 0.365 e. The molecule has 1 aliphatic carbocycles. The Hall–Kier alpha value is -2.30. The lowest BCUT2D eigenvalue weighted by Crippen LogP contribution is -2.42. The van der Waals surface area contributed by atoms with Gasteiger partial charge in [-0.15, -0.1) is 0 Å². The van der Waals surface area contributed by atoms with Crippen molar-refractivity contribution in [2.75, 3.05) is 7.05 Å². The zero-order valence-corrected chi connectivity index (χ0v) is 19.1. The van der Waals surface area contributed by atoms with Crippen LogP contribution in [0.1, 0.15) is 49.7 Å². The molecule has 0 bridgehead atoms. The highest BCUT2D eigenvalue weighted by Gasteiger charge is 2.44. The third-order valence-electron chi connectivity index (χ3n) is 6.13. The molecule has 0 aromatic heterocycles. The van der Waals surface area contributed by atoms with Gasteiger partial charge >= 0.3 is 0 Å². The second kappa shape index (κ2) is 9.46. The molecule has 0 saturated heterocycles. The number of carbonyl (C=O) groups is 2. The molecule has 0 spiro atoms. The number of rotatable bonds is 5. The van der Waals surface area contributed by atoms with E-state index in [1.807, 2.05) is 42.3 Å². The number of likely N-dealkylation sites (N-methyl/N-ethyl adjacent to an activating group) is 1. The maximum atomic E-state index is 13.7. The average molecular weight is 457 g/mol. The van der Waals surface area contributed by atoms with E-state index in [2.05, 4.69) is 0 Å². The van der Waals surface area contributed by atoms with Gasteiger partial charge < -0.3 is 4.90 Å². The monoisotopic (exact) mass is 456 g/mol. The summed E-state index contributed by atoms with van der Waals surface area (Å²) in [6.45, 7) is 0.516. The lowest BCUT2D eigenvalue weighted by Gasteiger charge is -2.27. The Morgan fingerprint density at radius 2 is 1.61 bits per heavy atom. The van der Waals surface area contributed by atoms with Gasteiger partial charge in [0.05, 0.1) is 10.6 Å². The molecule has 0 N–H and O–H groups in total. The normalized spacial score (nSPS) is 18.0. The minimum Gasteiger partial charge on any atom is -0.365 e. The van der Waals surface area contributed by atoms with E-state index < -0.39 is 0 Å². The van der Waals surface area contributed by atoms with Gasteiger partial charge in [-0.1, -0.05) is 85.3 Å². The van der Waals surface area contributed by atoms with Crippen LogP contribution in [0.3, 0.4) is 0 Å². The van der Waals surface area contributed by atoms with Gasteiger partial charge in [0.1, 0.15) is 5.70 Å². The lowest BCUT2D eigenvalue weighted by molar-refractivity contribution is -0.140. The molecule has 2 aromatic rings. The molecule has 0 atom stereocenters. The molecule has 2 amide bonds. The summed E-state index contributed by atoms with van der Waals surface area (Å²) in [5.41, 5.74) is 2.39. The lowest BCUT2D eigenvalue weighted by atomic mass is 10.0. The molecule has 1 fully saturated rings. The molecule has 2 aromatic carbocycles. The van der Waals surface area contributed by atoms with Crippen LogP contribution in [0, 0.1) is 0 Å². The van der Waals surface area contributed by atoms with Crippen LogP contribution in [0.15, 0.2) is 54.2 Å². The molecule has 2 aliphatic rings. The first-order valence-corrected chi connectivity index (χ1v) is 11.6. The van der Waals surface area contributed by atoms with E-state index in [4.69, 9.17) is 23.2 Å². The first-order valence-electron chi connectivity index (χ1n) is 10.8. The van der Waals surface area contributed by atoms with Crippen LogP contribution < -0.4 is 0 Å². The molecule has 1 aliphatic heterocycles. The van der Waals surface area contributed by atoms with Crippen molar-refractivity contribution >= 4 is 40.6 Å². The maximum Gasteiger partial charge on any atom is 0.278 e. The van der Waals surface area contributed by atoms with Crippen molar-refractivity contribution in [3.05, 3.63) is 75.4 Å². The van der Waals surface area contributed by atoms with E-state index >= 15 is 0 Å². The fourth-order valence-electron chi connectivity index (χ4n) is 4.61. The van der Waals surface area contributed by atoms with Crippen LogP contribution in [0.4, 0.5) is 0 Å². The standard InChI is InChI=1S/C25H26Cl2N2O2/c1-28(16-17-9-5-4-6-10-17)23-22(20-14-13-18(26)15-21(20)27)24(30)29(25(23)31)19-11-7-2-3-8-12-19/h4-6,9-10,13-15,19H,2-3,7-8,11-12,16H2,1H3. The van der Waals surface area contributed by atoms with E-state index in [0.29, 0.717) is 33.4 Å². The van der Waals surface area contributed by atoms with Gasteiger partial charge in [0.25, 0.3) is 11.8 Å². The smallest absolute Gasteiger partial charge is 0.278 e. The van der Waals surface area contributed by atoms with E-state index in [0.717, 1.165) is 44.1 Å². The van der Waals surface area contributed by atoms with Crippen molar-refractivity contribution in [3.8, 4) is 0 Å². The molecule has 1 saturated carbocycles. The SMILES string of the molecule is CN(Cc1ccccc1)C1=C(c2ccc(Cl)cc2Cl)C(=O)N(C2CCCCCC2)C1=O. The number of nitrogens with zero attached hydrogens (tertiary/aromatic N) is 2. The van der Waals surface area contributed by atoms with Crippen molar-refractivity contribution in [1.29, 1.82) is 0 Å². The predicted molar refractivity (Wildman–Crippen MR) is 125 cm³/mol. The fourth-order valence-corrected chi connectivity index (χ4v) is 5.11. The number of halogens is 2. The van der Waals surface area contributed by atoms with Crippen molar-refractivity contribution < 1.29 is 9.59 Å². The predicted octanol–water partition coefficient (Wildman–Crippen LogP) is 5.93. The molecule has 0 unspecified atom stereocenters. The van der Waals surface area contributed by atoms with Gasteiger partial charge in [-0.3, -0.25) is 14.5 Å². The van der Waals surface area contributed by atoms with Gasteiger partial charge in [-0.2, -0.15) is 0 Å². The second-order valence-electron chi connectivity index (χ2n) is 8.32. The van der Waals surface area contributed by atoms with Crippen LogP contribution in [0.5, 0.6) is 0 Å². The summed E-state index contributed by atoms with van der Waals surface area (Å²) in [5, 5.41) is 0.864. The highest BCUT2D eigenvalue weighted by atomic mass is 35.5. The molecular formula is C25H26Cl2N2O2. The molecule has 1 heterocycles. The van der Waals surface area contributed by atoms with Crippen LogP contribution >= 0.6 is 23.2 Å². The van der Waals surface area contributed by atoms with Crippen LogP contribution in [0.2, 0.25) is 10.0 Å². The molecule has 31 heavy (non-hydrogen) atoms. The first kappa shape index (κ1) is 21.9. The van der Waals surface area contributed by atoms with E-state index in [1.165, 1.54) is 4.90 Å². The van der Waals surface area contributed by atoms with E-state index in [-0.39, 0.29) is 17.9 Å². The summed E-state index contributed by atoms with van der Waals surface area (Å²) in [5.74, 6) is -0.479. The minimum absolute atomic E-state index is 0.0637. The van der Waals surface area contributed by atoms with Gasteiger partial charge in [-0.25, -0.2) is 0 Å². The van der Waals surface area contributed by atoms with Gasteiger partial charge in [0.15, 0.2) is 0 Å². The van der Waals surface area contributed by atoms with Crippen molar-refractivity contribution in [1.82, 2.24) is 9.80 Å². The number of carbonyl (C=O) groups excluding carboxylic acids is 2. The fraction of sp³-hybridized carbons (Fsp3) is 0.360. The van der Waals surface area contributed by atoms with Gasteiger partial charge in [0.2, 0.25) is 0 Å². The Morgan fingerprint density at radius 1 is 0.935 bits per heavy atom. The summed E-state index contributed by atoms with van der Waals surface area (Å²) in [6.07, 6.45) is 6.08. The first-order chi connectivity index (χ1) is 15.0. The molecule has 4 nitrogen and oxygen atoms in total. The van der Waals surface area contributed by atoms with Crippen molar-refractivity contribution in [2.45, 2.75) is 51.1 Å². The van der Waals surface area contributed by atoms with Crippen molar-refractivity contribution in [2.24, 2.45) is 0 Å². The molecule has 0 radical (unpaired) electrons. The Kier molecular flexibility index (Phi) is 6.68. The summed E-state index contributed by atoms with van der Waals surface area (Å²) in [7, 11) is 1.86. The Labute approximate surface area is 193 Å². The highest BCUT2D eigenvalue weighted by Crippen LogP contribution is 2.38. The molecule has 6 heteroatoms. The summed E-state index contributed by atoms with van der Waals surface area (Å²) in [6, 6.07) is 14.9. The molecule has 4 rings (SSSR count). The highest BCUT2D eigenvalue weighted by molar-refractivity contribution is 6.41. The van der Waals surface area contributed by atoms with Crippen LogP contribution in [0.25, 0.3) is 5.57 Å². The number of hydrogen-bond acceptors (Lipinski definition) is 3.